The van der Waals surface area contributed by atoms with Crippen molar-refractivity contribution in [3.8, 4) is 0 Å². The highest BCUT2D eigenvalue weighted by molar-refractivity contribution is 5.67. The Balaban J connectivity index is 2.52. The zero-order valence-corrected chi connectivity index (χ0v) is 11.3. The summed E-state index contributed by atoms with van der Waals surface area (Å²) in [6.45, 7) is 7.51. The zero-order valence-electron chi connectivity index (χ0n) is 11.3. The summed E-state index contributed by atoms with van der Waals surface area (Å²) >= 11 is 0. The Morgan fingerprint density at radius 3 is 2.39 bits per heavy atom. The van der Waals surface area contributed by atoms with Gasteiger partial charge in [0, 0.05) is 19.1 Å². The van der Waals surface area contributed by atoms with Crippen molar-refractivity contribution in [3.05, 3.63) is 34.4 Å². The molecule has 0 spiro atoms. The predicted molar refractivity (Wildman–Crippen MR) is 72.6 cm³/mol. The molecule has 1 atom stereocenters. The monoisotopic (exact) mass is 250 g/mol. The summed E-state index contributed by atoms with van der Waals surface area (Å²) in [6.07, 6.45) is -0.00113. The predicted octanol–water partition coefficient (Wildman–Crippen LogP) is 1.50. The number of rotatable bonds is 6. The summed E-state index contributed by atoms with van der Waals surface area (Å²) < 4.78 is 0. The molecule has 4 heteroatoms. The van der Waals surface area contributed by atoms with Gasteiger partial charge in [0.05, 0.1) is 6.42 Å². The maximum Gasteiger partial charge on any atom is 0.304 e. The Morgan fingerprint density at radius 1 is 1.33 bits per heavy atom. The number of aryl methyl sites for hydroxylation is 3. The maximum absolute atomic E-state index is 10.5. The van der Waals surface area contributed by atoms with Gasteiger partial charge in [-0.2, -0.15) is 0 Å². The normalized spacial score (nSPS) is 12.4. The molecular formula is C14H22N2O2. The van der Waals surface area contributed by atoms with E-state index in [0.29, 0.717) is 6.54 Å². The second kappa shape index (κ2) is 6.52. The first-order chi connectivity index (χ1) is 8.40. The maximum atomic E-state index is 10.5. The van der Waals surface area contributed by atoms with Crippen LogP contribution in [0.5, 0.6) is 0 Å². The summed E-state index contributed by atoms with van der Waals surface area (Å²) in [5.74, 6) is -0.855. The van der Waals surface area contributed by atoms with Crippen molar-refractivity contribution >= 4 is 5.97 Å². The van der Waals surface area contributed by atoms with Crippen LogP contribution in [0.3, 0.4) is 0 Å². The highest BCUT2D eigenvalue weighted by Crippen LogP contribution is 2.15. The molecule has 1 aromatic carbocycles. The number of carboxylic acids is 1. The third-order valence-corrected chi connectivity index (χ3v) is 2.99. The van der Waals surface area contributed by atoms with Gasteiger partial charge >= 0.3 is 5.97 Å². The number of carboxylic acid groups (broad SMARTS) is 1. The van der Waals surface area contributed by atoms with Crippen molar-refractivity contribution < 1.29 is 9.90 Å². The Bertz CT molecular complexity index is 407. The highest BCUT2D eigenvalue weighted by atomic mass is 16.4. The molecule has 0 radical (unpaired) electrons. The summed E-state index contributed by atoms with van der Waals surface area (Å²) in [5, 5.41) is 11.8. The van der Waals surface area contributed by atoms with Crippen molar-refractivity contribution in [1.29, 1.82) is 0 Å². The van der Waals surface area contributed by atoms with Gasteiger partial charge in [-0.3, -0.25) is 4.79 Å². The Labute approximate surface area is 108 Å². The lowest BCUT2D eigenvalue weighted by molar-refractivity contribution is -0.137. The van der Waals surface area contributed by atoms with Crippen LogP contribution >= 0.6 is 0 Å². The fraction of sp³-hybridized carbons (Fsp3) is 0.500. The summed E-state index contributed by atoms with van der Waals surface area (Å²) in [5.41, 5.74) is 10.7. The van der Waals surface area contributed by atoms with E-state index in [-0.39, 0.29) is 12.5 Å². The summed E-state index contributed by atoms with van der Waals surface area (Å²) in [6, 6.07) is 3.97. The zero-order chi connectivity index (χ0) is 13.7. The number of nitrogens with one attached hydrogen (secondary N) is 1. The standard InChI is InChI=1S/C14H22N2O2/c1-9-4-10(2)13(11(3)5-9)8-16-7-12(15)6-14(17)18/h4-5,12,16H,6-8,15H2,1-3H3,(H,17,18). The van der Waals surface area contributed by atoms with E-state index in [1.54, 1.807) is 0 Å². The van der Waals surface area contributed by atoms with Gasteiger partial charge < -0.3 is 16.2 Å². The summed E-state index contributed by atoms with van der Waals surface area (Å²) in [4.78, 5) is 10.5. The number of benzene rings is 1. The molecule has 4 nitrogen and oxygen atoms in total. The van der Waals surface area contributed by atoms with Gasteiger partial charge in [-0.1, -0.05) is 17.7 Å². The number of hydrogen-bond acceptors (Lipinski definition) is 3. The van der Waals surface area contributed by atoms with E-state index in [9.17, 15) is 4.79 Å². The van der Waals surface area contributed by atoms with E-state index in [1.165, 1.54) is 22.3 Å². The third kappa shape index (κ3) is 4.47. The van der Waals surface area contributed by atoms with Crippen LogP contribution in [-0.2, 0) is 11.3 Å². The van der Waals surface area contributed by atoms with Gasteiger partial charge in [-0.15, -0.1) is 0 Å². The van der Waals surface area contributed by atoms with Crippen LogP contribution in [0, 0.1) is 20.8 Å². The lowest BCUT2D eigenvalue weighted by atomic mass is 10.00. The fourth-order valence-corrected chi connectivity index (χ4v) is 2.17. The molecule has 18 heavy (non-hydrogen) atoms. The van der Waals surface area contributed by atoms with E-state index in [1.807, 2.05) is 0 Å². The Hall–Kier alpha value is -1.39. The molecule has 1 unspecified atom stereocenters. The molecule has 1 rings (SSSR count). The van der Waals surface area contributed by atoms with Gasteiger partial charge in [0.2, 0.25) is 0 Å². The Kier molecular flexibility index (Phi) is 5.31. The van der Waals surface area contributed by atoms with Gasteiger partial charge in [-0.05, 0) is 37.5 Å². The number of carbonyl (C=O) groups is 1. The van der Waals surface area contributed by atoms with Crippen LogP contribution in [-0.4, -0.2) is 23.7 Å². The lowest BCUT2D eigenvalue weighted by Crippen LogP contribution is -2.35. The fourth-order valence-electron chi connectivity index (χ4n) is 2.17. The second-order valence-corrected chi connectivity index (χ2v) is 4.87. The average Bonchev–Trinajstić information content (AvgIpc) is 2.20. The van der Waals surface area contributed by atoms with Gasteiger partial charge in [0.25, 0.3) is 0 Å². The molecule has 0 aliphatic rings. The molecule has 4 N–H and O–H groups in total. The number of aliphatic carboxylic acids is 1. The van der Waals surface area contributed by atoms with E-state index in [2.05, 4.69) is 38.2 Å². The second-order valence-electron chi connectivity index (χ2n) is 4.87. The molecule has 1 aromatic rings. The first-order valence-corrected chi connectivity index (χ1v) is 6.15. The van der Waals surface area contributed by atoms with Crippen LogP contribution in [0.2, 0.25) is 0 Å². The molecule has 0 aromatic heterocycles. The van der Waals surface area contributed by atoms with Crippen molar-refractivity contribution in [2.24, 2.45) is 5.73 Å². The van der Waals surface area contributed by atoms with Crippen molar-refractivity contribution in [1.82, 2.24) is 5.32 Å². The van der Waals surface area contributed by atoms with Gasteiger partial charge in [-0.25, -0.2) is 0 Å². The summed E-state index contributed by atoms with van der Waals surface area (Å²) in [7, 11) is 0. The minimum absolute atomic E-state index is 0.00113. The topological polar surface area (TPSA) is 75.3 Å². The van der Waals surface area contributed by atoms with E-state index >= 15 is 0 Å². The quantitative estimate of drug-likeness (QED) is 0.715. The van der Waals surface area contributed by atoms with E-state index in [0.717, 1.165) is 6.54 Å². The number of hydrogen-bond donors (Lipinski definition) is 3. The van der Waals surface area contributed by atoms with Gasteiger partial charge in [0.1, 0.15) is 0 Å². The molecule has 0 heterocycles. The molecule has 0 saturated carbocycles. The molecule has 0 amide bonds. The van der Waals surface area contributed by atoms with Crippen LogP contribution in [0.15, 0.2) is 12.1 Å². The SMILES string of the molecule is Cc1cc(C)c(CNCC(N)CC(=O)O)c(C)c1. The van der Waals surface area contributed by atoms with Crippen LogP contribution in [0.1, 0.15) is 28.7 Å². The van der Waals surface area contributed by atoms with E-state index in [4.69, 9.17) is 10.8 Å². The average molecular weight is 250 g/mol. The molecule has 0 fully saturated rings. The van der Waals surface area contributed by atoms with Crippen LogP contribution in [0.25, 0.3) is 0 Å². The first kappa shape index (κ1) is 14.7. The smallest absolute Gasteiger partial charge is 0.304 e. The minimum atomic E-state index is -0.855. The number of nitrogens with two attached hydrogens (primary N) is 1. The molecule has 0 saturated heterocycles. The van der Waals surface area contributed by atoms with Crippen molar-refractivity contribution in [2.75, 3.05) is 6.54 Å². The first-order valence-electron chi connectivity index (χ1n) is 6.15. The third-order valence-electron chi connectivity index (χ3n) is 2.99. The molecule has 0 bridgehead atoms. The van der Waals surface area contributed by atoms with Crippen LogP contribution < -0.4 is 11.1 Å². The molecule has 0 aliphatic carbocycles. The van der Waals surface area contributed by atoms with Crippen molar-refractivity contribution in [2.45, 2.75) is 39.8 Å². The Morgan fingerprint density at radius 2 is 1.89 bits per heavy atom. The molecule has 0 aliphatic heterocycles. The molecule has 100 valence electrons. The van der Waals surface area contributed by atoms with Gasteiger partial charge in [0.15, 0.2) is 0 Å². The lowest BCUT2D eigenvalue weighted by Gasteiger charge is -2.14. The van der Waals surface area contributed by atoms with Crippen molar-refractivity contribution in [3.63, 3.8) is 0 Å². The van der Waals surface area contributed by atoms with Crippen LogP contribution in [0.4, 0.5) is 0 Å². The highest BCUT2D eigenvalue weighted by Gasteiger charge is 2.08. The minimum Gasteiger partial charge on any atom is -0.481 e. The van der Waals surface area contributed by atoms with E-state index < -0.39 is 5.97 Å². The molecular weight excluding hydrogens is 228 g/mol. The largest absolute Gasteiger partial charge is 0.481 e.